The van der Waals surface area contributed by atoms with E-state index in [1.807, 2.05) is 0 Å². The van der Waals surface area contributed by atoms with Crippen molar-refractivity contribution < 1.29 is 4.48 Å². The van der Waals surface area contributed by atoms with Crippen LogP contribution in [0.15, 0.2) is 0 Å². The first-order valence-corrected chi connectivity index (χ1v) is 5.12. The number of rotatable bonds is 3. The van der Waals surface area contributed by atoms with Gasteiger partial charge in [0, 0.05) is 12.6 Å². The lowest BCUT2D eigenvalue weighted by Crippen LogP contribution is -2.32. The number of hydrogen-bond acceptors (Lipinski definition) is 1. The Kier molecular flexibility index (Phi) is 3.99. The zero-order valence-electron chi connectivity index (χ0n) is 8.22. The molecule has 0 spiro atoms. The van der Waals surface area contributed by atoms with E-state index in [9.17, 15) is 4.48 Å². The van der Waals surface area contributed by atoms with Gasteiger partial charge in [-0.05, 0) is 18.8 Å². The average molecular weight is 173 g/mol. The fraction of sp³-hybridized carbons (Fsp3) is 1.00. The van der Waals surface area contributed by atoms with Crippen molar-refractivity contribution in [2.75, 3.05) is 6.54 Å². The Morgan fingerprint density at radius 1 is 1.25 bits per heavy atom. The summed E-state index contributed by atoms with van der Waals surface area (Å²) < 4.78 is 13.4. The highest BCUT2D eigenvalue weighted by molar-refractivity contribution is 4.71. The third-order valence-electron chi connectivity index (χ3n) is 2.51. The molecule has 1 saturated carbocycles. The van der Waals surface area contributed by atoms with E-state index in [1.165, 1.54) is 19.3 Å². The van der Waals surface area contributed by atoms with Crippen molar-refractivity contribution in [3.63, 3.8) is 0 Å². The Morgan fingerprint density at radius 2 is 1.83 bits per heavy atom. The van der Waals surface area contributed by atoms with Crippen molar-refractivity contribution in [2.45, 2.75) is 52.0 Å². The quantitative estimate of drug-likeness (QED) is 0.592. The van der Waals surface area contributed by atoms with Crippen LogP contribution in [0.1, 0.15) is 46.0 Å². The Balaban J connectivity index is 2.24. The van der Waals surface area contributed by atoms with E-state index in [2.05, 4.69) is 13.8 Å². The summed E-state index contributed by atoms with van der Waals surface area (Å²) >= 11 is 0. The highest BCUT2D eigenvalue weighted by atomic mass is 19.2. The standard InChI is InChI=1S/C10H20FN/c1-9(2)8-12(11)10-6-4-3-5-7-10/h9-10H,3-8H2,1-2H3. The molecule has 0 aromatic heterocycles. The minimum atomic E-state index is 0.223. The first-order chi connectivity index (χ1) is 5.70. The van der Waals surface area contributed by atoms with E-state index in [-0.39, 0.29) is 6.04 Å². The maximum Gasteiger partial charge on any atom is 0.0402 e. The Bertz CT molecular complexity index is 119. The molecule has 2 heteroatoms. The number of halogens is 1. The molecule has 0 heterocycles. The summed E-state index contributed by atoms with van der Waals surface area (Å²) in [4.78, 5) is 0. The van der Waals surface area contributed by atoms with E-state index in [4.69, 9.17) is 0 Å². The molecular weight excluding hydrogens is 153 g/mol. The van der Waals surface area contributed by atoms with E-state index < -0.39 is 0 Å². The summed E-state index contributed by atoms with van der Waals surface area (Å²) in [5.74, 6) is 0.442. The van der Waals surface area contributed by atoms with Crippen LogP contribution in [0.5, 0.6) is 0 Å². The fourth-order valence-corrected chi connectivity index (χ4v) is 1.86. The second kappa shape index (κ2) is 4.80. The zero-order chi connectivity index (χ0) is 8.97. The number of nitrogens with zero attached hydrogens (tertiary/aromatic N) is 1. The zero-order valence-corrected chi connectivity index (χ0v) is 8.22. The van der Waals surface area contributed by atoms with E-state index in [0.717, 1.165) is 18.0 Å². The van der Waals surface area contributed by atoms with Crippen LogP contribution >= 0.6 is 0 Å². The van der Waals surface area contributed by atoms with Crippen molar-refractivity contribution in [2.24, 2.45) is 5.92 Å². The molecule has 0 radical (unpaired) electrons. The van der Waals surface area contributed by atoms with Gasteiger partial charge in [-0.15, -0.1) is 9.60 Å². The molecule has 0 aromatic carbocycles. The van der Waals surface area contributed by atoms with E-state index in [1.54, 1.807) is 0 Å². The number of hydrogen-bond donors (Lipinski definition) is 0. The molecule has 1 aliphatic carbocycles. The molecule has 0 N–H and O–H groups in total. The summed E-state index contributed by atoms with van der Waals surface area (Å²) in [7, 11) is 0. The lowest BCUT2D eigenvalue weighted by Gasteiger charge is -2.28. The molecule has 0 atom stereocenters. The Morgan fingerprint density at radius 3 is 2.33 bits per heavy atom. The van der Waals surface area contributed by atoms with E-state index in [0.29, 0.717) is 12.5 Å². The molecule has 72 valence electrons. The lowest BCUT2D eigenvalue weighted by atomic mass is 9.95. The summed E-state index contributed by atoms with van der Waals surface area (Å²) in [6, 6.07) is 0.223. The van der Waals surface area contributed by atoms with Crippen molar-refractivity contribution in [1.82, 2.24) is 5.12 Å². The molecule has 1 fully saturated rings. The van der Waals surface area contributed by atoms with Gasteiger partial charge in [-0.1, -0.05) is 33.1 Å². The predicted octanol–water partition coefficient (Wildman–Crippen LogP) is 3.16. The van der Waals surface area contributed by atoms with Crippen LogP contribution in [-0.2, 0) is 0 Å². The molecule has 1 rings (SSSR count). The highest BCUT2D eigenvalue weighted by Crippen LogP contribution is 2.23. The van der Waals surface area contributed by atoms with Gasteiger partial charge in [0.25, 0.3) is 0 Å². The van der Waals surface area contributed by atoms with Crippen molar-refractivity contribution in [1.29, 1.82) is 0 Å². The Hall–Kier alpha value is -0.110. The largest absolute Gasteiger partial charge is 0.143 e. The van der Waals surface area contributed by atoms with Crippen LogP contribution in [0.25, 0.3) is 0 Å². The van der Waals surface area contributed by atoms with Crippen molar-refractivity contribution >= 4 is 0 Å². The van der Waals surface area contributed by atoms with Crippen molar-refractivity contribution in [3.05, 3.63) is 0 Å². The lowest BCUT2D eigenvalue weighted by molar-refractivity contribution is -0.0449. The van der Waals surface area contributed by atoms with Crippen molar-refractivity contribution in [3.8, 4) is 0 Å². The fourth-order valence-electron chi connectivity index (χ4n) is 1.86. The summed E-state index contributed by atoms with van der Waals surface area (Å²) in [6.45, 7) is 4.73. The molecule has 1 aliphatic rings. The summed E-state index contributed by atoms with van der Waals surface area (Å²) in [5, 5.41) is 1.06. The smallest absolute Gasteiger partial charge is 0.0402 e. The third kappa shape index (κ3) is 3.10. The van der Waals surface area contributed by atoms with Crippen LogP contribution in [0, 0.1) is 5.92 Å². The minimum absolute atomic E-state index is 0.223. The van der Waals surface area contributed by atoms with Gasteiger partial charge in [0.15, 0.2) is 0 Å². The molecule has 1 nitrogen and oxygen atoms in total. The van der Waals surface area contributed by atoms with Gasteiger partial charge >= 0.3 is 0 Å². The normalized spacial score (nSPS) is 20.8. The van der Waals surface area contributed by atoms with Crippen LogP contribution in [0.3, 0.4) is 0 Å². The molecule has 12 heavy (non-hydrogen) atoms. The molecule has 0 aromatic rings. The SMILES string of the molecule is CC(C)CN(F)C1CCCCC1. The van der Waals surface area contributed by atoms with Crippen LogP contribution in [0.4, 0.5) is 4.48 Å². The van der Waals surface area contributed by atoms with E-state index >= 15 is 0 Å². The Labute approximate surface area is 74.9 Å². The molecule has 0 unspecified atom stereocenters. The second-order valence-corrected chi connectivity index (χ2v) is 4.27. The topological polar surface area (TPSA) is 3.24 Å². The van der Waals surface area contributed by atoms with Crippen LogP contribution < -0.4 is 0 Å². The van der Waals surface area contributed by atoms with Gasteiger partial charge in [0.1, 0.15) is 0 Å². The molecule has 0 amide bonds. The monoisotopic (exact) mass is 173 g/mol. The van der Waals surface area contributed by atoms with Crippen LogP contribution in [-0.4, -0.2) is 17.7 Å². The molecule has 0 bridgehead atoms. The summed E-state index contributed by atoms with van der Waals surface area (Å²) in [5.41, 5.74) is 0. The average Bonchev–Trinajstić information content (AvgIpc) is 2.05. The van der Waals surface area contributed by atoms with Gasteiger partial charge in [-0.25, -0.2) is 0 Å². The van der Waals surface area contributed by atoms with Gasteiger partial charge in [-0.3, -0.25) is 0 Å². The maximum atomic E-state index is 13.4. The van der Waals surface area contributed by atoms with Gasteiger partial charge in [-0.2, -0.15) is 0 Å². The minimum Gasteiger partial charge on any atom is -0.143 e. The first kappa shape index (κ1) is 9.97. The maximum absolute atomic E-state index is 13.4. The highest BCUT2D eigenvalue weighted by Gasteiger charge is 2.21. The first-order valence-electron chi connectivity index (χ1n) is 5.12. The van der Waals surface area contributed by atoms with Gasteiger partial charge in [0.05, 0.1) is 0 Å². The molecule has 0 aliphatic heterocycles. The second-order valence-electron chi connectivity index (χ2n) is 4.27. The van der Waals surface area contributed by atoms with Gasteiger partial charge in [0.2, 0.25) is 0 Å². The third-order valence-corrected chi connectivity index (χ3v) is 2.51. The molecule has 0 saturated heterocycles. The summed E-state index contributed by atoms with van der Waals surface area (Å²) in [6.07, 6.45) is 5.84. The van der Waals surface area contributed by atoms with Crippen LogP contribution in [0.2, 0.25) is 0 Å². The van der Waals surface area contributed by atoms with Gasteiger partial charge < -0.3 is 0 Å². The molecular formula is C10H20FN. The predicted molar refractivity (Wildman–Crippen MR) is 49.5 cm³/mol.